The van der Waals surface area contributed by atoms with Gasteiger partial charge in [-0.3, -0.25) is 52.7 Å². The number of aliphatic hydroxyl groups is 2. The molecule has 0 aromatic heterocycles. The molecule has 0 radical (unpaired) electrons. The van der Waals surface area contributed by atoms with Gasteiger partial charge in [-0.25, -0.2) is 0 Å². The number of rotatable bonds is 28. The number of carbonyl (C=O) groups excluding carboxylic acids is 11. The van der Waals surface area contributed by atoms with Gasteiger partial charge in [0.05, 0.1) is 12.2 Å². The first-order chi connectivity index (χ1) is 38.2. The van der Waals surface area contributed by atoms with Crippen LogP contribution >= 0.6 is 0 Å². The van der Waals surface area contributed by atoms with E-state index in [1.165, 1.54) is 13.8 Å². The van der Waals surface area contributed by atoms with Crippen LogP contribution in [0.1, 0.15) is 132 Å². The molecule has 13 atom stereocenters. The maximum absolute atomic E-state index is 14.4. The second kappa shape index (κ2) is 38.6. The molecule has 0 aliphatic carbocycles. The third-order valence-electron chi connectivity index (χ3n) is 13.4. The van der Waals surface area contributed by atoms with Crippen molar-refractivity contribution in [2.24, 2.45) is 46.4 Å². The first kappa shape index (κ1) is 72.9. The van der Waals surface area contributed by atoms with Crippen LogP contribution < -0.4 is 87.2 Å². The highest BCUT2D eigenvalue weighted by molar-refractivity contribution is 5.99. The van der Waals surface area contributed by atoms with Crippen molar-refractivity contribution in [2.45, 2.75) is 205 Å². The molecule has 11 amide bonds. The molecule has 464 valence electrons. The summed E-state index contributed by atoms with van der Waals surface area (Å²) in [6.07, 6.45) is -1.79. The Bertz CT molecular complexity index is 2050. The molecule has 23 N–H and O–H groups in total. The fourth-order valence-corrected chi connectivity index (χ4v) is 8.60. The van der Waals surface area contributed by atoms with Crippen LogP contribution in [0.2, 0.25) is 0 Å². The van der Waals surface area contributed by atoms with Crippen molar-refractivity contribution in [1.29, 1.82) is 0 Å². The largest absolute Gasteiger partial charge is 0.391 e. The van der Waals surface area contributed by atoms with Crippen LogP contribution in [0, 0.1) is 17.8 Å². The van der Waals surface area contributed by atoms with Gasteiger partial charge in [-0.15, -0.1) is 0 Å². The summed E-state index contributed by atoms with van der Waals surface area (Å²) in [5.74, 6) is -9.60. The number of carbonyl (C=O) groups is 11. The van der Waals surface area contributed by atoms with E-state index in [0.717, 1.165) is 12.8 Å². The molecule has 29 nitrogen and oxygen atoms in total. The maximum atomic E-state index is 14.4. The molecular weight excluding hydrogens is 1060 g/mol. The fraction of sp³-hybridized carbons (Fsp3) is 0.788. The van der Waals surface area contributed by atoms with Crippen molar-refractivity contribution in [3.8, 4) is 0 Å². The molecule has 1 rings (SSSR count). The predicted molar refractivity (Wildman–Crippen MR) is 301 cm³/mol. The van der Waals surface area contributed by atoms with Crippen molar-refractivity contribution < 1.29 is 63.0 Å². The van der Waals surface area contributed by atoms with E-state index in [9.17, 15) is 63.0 Å². The van der Waals surface area contributed by atoms with Gasteiger partial charge >= 0.3 is 0 Å². The molecule has 0 aromatic carbocycles. The summed E-state index contributed by atoms with van der Waals surface area (Å²) in [6.45, 7) is 12.5. The molecule has 81 heavy (non-hydrogen) atoms. The van der Waals surface area contributed by atoms with Gasteiger partial charge in [-0.1, -0.05) is 54.4 Å². The van der Waals surface area contributed by atoms with E-state index in [4.69, 9.17) is 28.7 Å². The molecule has 0 saturated carbocycles. The maximum Gasteiger partial charge on any atom is 0.245 e. The SMILES string of the molecule is CCC(C)CCCC(=O)N[C@@H](CCN)C(=O)N[C@H](C(=O)N[C@@H](CCN)C(=O)N[C@H]1CCNC(=O)[C@H]([C@H](C)O)NC(=O)[C@H](CCN)NC(=O)[C@H](CCN)NC(=O)[C@H](CC(C)C)NC(=O)[C@@H](CC(C)C)NC(=O)[C@H](CCN)NC1=O)[C@@H](C)O. The zero-order valence-corrected chi connectivity index (χ0v) is 48.7. The molecular formula is C52H98N16O13. The van der Waals surface area contributed by atoms with E-state index in [1.54, 1.807) is 27.7 Å². The fourth-order valence-electron chi connectivity index (χ4n) is 8.60. The summed E-state index contributed by atoms with van der Waals surface area (Å²) in [5.41, 5.74) is 29.2. The lowest BCUT2D eigenvalue weighted by atomic mass is 9.99. The van der Waals surface area contributed by atoms with E-state index in [0.29, 0.717) is 12.3 Å². The molecule has 1 aliphatic rings. The van der Waals surface area contributed by atoms with E-state index in [-0.39, 0.29) is 95.9 Å². The minimum absolute atomic E-state index is 0.0146. The topological polar surface area (TPSA) is 491 Å². The number of aliphatic hydroxyl groups excluding tert-OH is 2. The molecule has 0 bridgehead atoms. The van der Waals surface area contributed by atoms with Crippen LogP contribution in [0.4, 0.5) is 0 Å². The molecule has 1 heterocycles. The number of hydrogen-bond acceptors (Lipinski definition) is 18. The Morgan fingerprint density at radius 2 is 0.963 bits per heavy atom. The van der Waals surface area contributed by atoms with Crippen LogP contribution in [0.5, 0.6) is 0 Å². The molecule has 1 aliphatic heterocycles. The van der Waals surface area contributed by atoms with Crippen LogP contribution in [0.15, 0.2) is 0 Å². The first-order valence-electron chi connectivity index (χ1n) is 28.3. The van der Waals surface area contributed by atoms with E-state index in [1.807, 2.05) is 6.92 Å². The monoisotopic (exact) mass is 1150 g/mol. The number of nitrogens with two attached hydrogens (primary N) is 5. The molecule has 29 heteroatoms. The Hall–Kier alpha value is -6.11. The third-order valence-corrected chi connectivity index (χ3v) is 13.4. The van der Waals surface area contributed by atoms with Gasteiger partial charge in [0.15, 0.2) is 0 Å². The second-order valence-corrected chi connectivity index (χ2v) is 21.6. The van der Waals surface area contributed by atoms with Gasteiger partial charge in [0, 0.05) is 13.0 Å². The van der Waals surface area contributed by atoms with Gasteiger partial charge in [0.1, 0.15) is 60.4 Å². The minimum Gasteiger partial charge on any atom is -0.391 e. The Balaban J connectivity index is 3.84. The average Bonchev–Trinajstić information content (AvgIpc) is 3.41. The molecule has 0 aromatic rings. The number of amides is 11. The highest BCUT2D eigenvalue weighted by Gasteiger charge is 2.37. The zero-order valence-electron chi connectivity index (χ0n) is 48.7. The standard InChI is InChI=1S/C52H98N16O13/c1-9-29(6)11-10-12-40(71)59-32(13-19-53)47(76)68-42(31(8)70)52(81)64-35(16-22-56)44(73)63-37-18-24-58-51(80)41(30(7)69)67-48(77)36(17-23-57)61-43(72)33(14-20-54)62-49(78)38(25-27(2)3)66-50(79)39(26-28(4)5)65-45(74)34(15-21-55)60-46(37)75/h27-39,41-42,69-70H,9-26,53-57H2,1-8H3,(H,58,80)(H,59,71)(H,60,75)(H,61,72)(H,62,78)(H,63,73)(H,64,81)(H,65,74)(H,66,79)(H,67,77)(H,68,76)/t29?,30-,31+,32-,33-,34-,35-,36-,37-,38-,39+,41-,42-/m0/s1. The van der Waals surface area contributed by atoms with Crippen molar-refractivity contribution >= 4 is 65.0 Å². The van der Waals surface area contributed by atoms with Crippen molar-refractivity contribution in [1.82, 2.24) is 58.5 Å². The second-order valence-electron chi connectivity index (χ2n) is 21.6. The Morgan fingerprint density at radius 1 is 0.531 bits per heavy atom. The molecule has 1 unspecified atom stereocenters. The lowest BCUT2D eigenvalue weighted by Gasteiger charge is -2.29. The minimum atomic E-state index is -1.69. The van der Waals surface area contributed by atoms with Gasteiger partial charge in [0.2, 0.25) is 65.0 Å². The lowest BCUT2D eigenvalue weighted by Crippen LogP contribution is -2.62. The number of hydrogen-bond donors (Lipinski definition) is 18. The highest BCUT2D eigenvalue weighted by Crippen LogP contribution is 2.13. The summed E-state index contributed by atoms with van der Waals surface area (Å²) in [4.78, 5) is 153. The summed E-state index contributed by atoms with van der Waals surface area (Å²) < 4.78 is 0. The molecule has 1 saturated heterocycles. The first-order valence-corrected chi connectivity index (χ1v) is 28.3. The van der Waals surface area contributed by atoms with Crippen molar-refractivity contribution in [3.63, 3.8) is 0 Å². The summed E-state index contributed by atoms with van der Waals surface area (Å²) in [7, 11) is 0. The van der Waals surface area contributed by atoms with Gasteiger partial charge < -0.3 is 97.4 Å². The Labute approximate surface area is 475 Å². The normalized spacial score (nSPS) is 23.6. The van der Waals surface area contributed by atoms with Crippen LogP contribution in [0.25, 0.3) is 0 Å². The summed E-state index contributed by atoms with van der Waals surface area (Å²) in [5, 5.41) is 49.5. The molecule has 1 fully saturated rings. The zero-order chi connectivity index (χ0) is 61.5. The van der Waals surface area contributed by atoms with Crippen molar-refractivity contribution in [2.75, 3.05) is 39.3 Å². The van der Waals surface area contributed by atoms with Gasteiger partial charge in [0.25, 0.3) is 0 Å². The van der Waals surface area contributed by atoms with Gasteiger partial charge in [-0.2, -0.15) is 0 Å². The Morgan fingerprint density at radius 3 is 1.38 bits per heavy atom. The van der Waals surface area contributed by atoms with Gasteiger partial charge in [-0.05, 0) is 122 Å². The quantitative estimate of drug-likeness (QED) is 0.0347. The van der Waals surface area contributed by atoms with E-state index >= 15 is 0 Å². The third kappa shape index (κ3) is 27.0. The smallest absolute Gasteiger partial charge is 0.245 e. The summed E-state index contributed by atoms with van der Waals surface area (Å²) >= 11 is 0. The van der Waals surface area contributed by atoms with E-state index in [2.05, 4.69) is 65.4 Å². The molecule has 0 spiro atoms. The number of nitrogens with one attached hydrogen (secondary N) is 11. The van der Waals surface area contributed by atoms with E-state index < -0.39 is 151 Å². The highest BCUT2D eigenvalue weighted by atomic mass is 16.3. The Kier molecular flexibility index (Phi) is 34.7. The van der Waals surface area contributed by atoms with Crippen LogP contribution in [0.3, 0.4) is 0 Å². The van der Waals surface area contributed by atoms with Crippen LogP contribution in [-0.4, -0.2) is 187 Å². The summed E-state index contributed by atoms with van der Waals surface area (Å²) in [6, 6.07) is -14.5. The van der Waals surface area contributed by atoms with Crippen molar-refractivity contribution in [3.05, 3.63) is 0 Å². The van der Waals surface area contributed by atoms with Crippen LogP contribution in [-0.2, 0) is 52.7 Å². The predicted octanol–water partition coefficient (Wildman–Crippen LogP) is -5.83. The average molecular weight is 1160 g/mol. The lowest BCUT2D eigenvalue weighted by molar-refractivity contribution is -0.137.